The third-order valence-corrected chi connectivity index (χ3v) is 15.7. The van der Waals surface area contributed by atoms with Gasteiger partial charge in [-0.1, -0.05) is 136 Å². The minimum atomic E-state index is -1.02. The van der Waals surface area contributed by atoms with E-state index in [0.717, 1.165) is 88.6 Å². The van der Waals surface area contributed by atoms with Gasteiger partial charge in [-0.05, 0) is 132 Å². The van der Waals surface area contributed by atoms with Crippen LogP contribution >= 0.6 is 0 Å². The number of benzene rings is 5. The molecule has 10 rings (SSSR count). The smallest absolute Gasteiger partial charge is 0.411 e. The van der Waals surface area contributed by atoms with Crippen molar-refractivity contribution in [2.24, 2.45) is 5.41 Å². The molecule has 6 atom stereocenters. The normalized spacial score (nSPS) is 21.6. The molecule has 0 spiro atoms. The summed E-state index contributed by atoms with van der Waals surface area (Å²) in [5.74, 6) is -1.25. The Morgan fingerprint density at radius 3 is 1.75 bits per heavy atom. The average molecular weight is 984 g/mol. The van der Waals surface area contributed by atoms with E-state index in [2.05, 4.69) is 70.5 Å². The largest absolute Gasteiger partial charge is 0.449 e. The topological polar surface area (TPSA) is 146 Å². The van der Waals surface area contributed by atoms with Crippen molar-refractivity contribution in [1.29, 1.82) is 0 Å². The van der Waals surface area contributed by atoms with Gasteiger partial charge >= 0.3 is 12.2 Å². The van der Waals surface area contributed by atoms with E-state index in [0.29, 0.717) is 12.8 Å². The molecule has 0 radical (unpaired) electrons. The molecule has 0 saturated carbocycles. The standard InChI is InChI=1S/C61H69N5O7/c1-60(2,3)54(64-58(70)72-36-49-47-25-13-11-23-45(47)46-24-12-14-26-48(46)49)57(69)65-34-42(33-52(65)55(67)62-50-27-15-19-37-17-7-9-21-43(37)50)39-29-30-40-32-53(66(35-41(40)31-39)59(71)73-61(4,5)6)56(68)63-51-28-16-20-38-18-8-10-22-44(38)51/h7-14,17-18,21-26,29-31,42,49-54H,15-16,19-20,27-28,32-36H2,1-6H3,(H,62,67)(H,63,68)(H,64,70)/t42?,50-,51?,52+,53?,54-/m1/s1. The molecule has 73 heavy (non-hydrogen) atoms. The molecular formula is C61H69N5O7. The zero-order valence-corrected chi connectivity index (χ0v) is 43.0. The van der Waals surface area contributed by atoms with E-state index in [9.17, 15) is 19.2 Å². The summed E-state index contributed by atoms with van der Waals surface area (Å²) in [4.78, 5) is 75.7. The van der Waals surface area contributed by atoms with E-state index in [4.69, 9.17) is 9.47 Å². The van der Waals surface area contributed by atoms with Crippen LogP contribution in [0.2, 0.25) is 0 Å². The quantitative estimate of drug-likeness (QED) is 0.133. The molecule has 12 heteroatoms. The average Bonchev–Trinajstić information content (AvgIpc) is 3.97. The van der Waals surface area contributed by atoms with Gasteiger partial charge in [0.2, 0.25) is 17.7 Å². The number of rotatable bonds is 9. The van der Waals surface area contributed by atoms with Crippen molar-refractivity contribution in [3.8, 4) is 11.1 Å². The summed E-state index contributed by atoms with van der Waals surface area (Å²) in [6, 6.07) is 35.9. The lowest BCUT2D eigenvalue weighted by Gasteiger charge is -2.38. The Labute approximate surface area is 429 Å². The monoisotopic (exact) mass is 984 g/mol. The van der Waals surface area contributed by atoms with Gasteiger partial charge in [-0.15, -0.1) is 0 Å². The Hall–Kier alpha value is -6.95. The Morgan fingerprint density at radius 2 is 1.18 bits per heavy atom. The lowest BCUT2D eigenvalue weighted by Crippen LogP contribution is -2.58. The van der Waals surface area contributed by atoms with Crippen LogP contribution in [0.25, 0.3) is 11.1 Å². The number of aryl methyl sites for hydroxylation is 2. The second-order valence-electron chi connectivity index (χ2n) is 22.9. The summed E-state index contributed by atoms with van der Waals surface area (Å²) in [6.45, 7) is 11.6. The van der Waals surface area contributed by atoms with Gasteiger partial charge < -0.3 is 30.3 Å². The van der Waals surface area contributed by atoms with Gasteiger partial charge in [0, 0.05) is 24.8 Å². The molecule has 0 aromatic heterocycles. The Balaban J connectivity index is 0.910. The minimum Gasteiger partial charge on any atom is -0.449 e. The molecule has 5 aromatic rings. The number of fused-ring (bicyclic) bond motifs is 6. The van der Waals surface area contributed by atoms with Crippen LogP contribution in [0.3, 0.4) is 0 Å². The number of nitrogens with one attached hydrogen (secondary N) is 3. The highest BCUT2D eigenvalue weighted by Gasteiger charge is 2.47. The molecule has 3 unspecified atom stereocenters. The molecule has 12 nitrogen and oxygen atoms in total. The van der Waals surface area contributed by atoms with Gasteiger partial charge in [0.05, 0.1) is 18.6 Å². The highest BCUT2D eigenvalue weighted by molar-refractivity contribution is 5.93. The molecule has 3 N–H and O–H groups in total. The summed E-state index contributed by atoms with van der Waals surface area (Å²) in [7, 11) is 0. The predicted octanol–water partition coefficient (Wildman–Crippen LogP) is 10.4. The Morgan fingerprint density at radius 1 is 0.630 bits per heavy atom. The fourth-order valence-electron chi connectivity index (χ4n) is 12.1. The van der Waals surface area contributed by atoms with Gasteiger partial charge in [-0.3, -0.25) is 19.3 Å². The summed E-state index contributed by atoms with van der Waals surface area (Å²) in [6.07, 6.45) is 4.77. The van der Waals surface area contributed by atoms with Gasteiger partial charge in [-0.25, -0.2) is 9.59 Å². The molecule has 1 saturated heterocycles. The van der Waals surface area contributed by atoms with Gasteiger partial charge in [-0.2, -0.15) is 0 Å². The van der Waals surface area contributed by atoms with Crippen molar-refractivity contribution >= 4 is 29.9 Å². The van der Waals surface area contributed by atoms with Crippen LogP contribution < -0.4 is 16.0 Å². The maximum absolute atomic E-state index is 15.3. The van der Waals surface area contributed by atoms with Crippen LogP contribution in [0.4, 0.5) is 9.59 Å². The molecule has 5 amide bonds. The first kappa shape index (κ1) is 49.6. The van der Waals surface area contributed by atoms with Crippen molar-refractivity contribution < 1.29 is 33.4 Å². The lowest BCUT2D eigenvalue weighted by molar-refractivity contribution is -0.142. The van der Waals surface area contributed by atoms with E-state index >= 15 is 4.79 Å². The van der Waals surface area contributed by atoms with Crippen molar-refractivity contribution in [3.05, 3.63) is 165 Å². The maximum Gasteiger partial charge on any atom is 0.411 e. The molecule has 5 aliphatic rings. The molecular weight excluding hydrogens is 915 g/mol. The van der Waals surface area contributed by atoms with E-state index in [1.54, 1.807) is 9.80 Å². The summed E-state index contributed by atoms with van der Waals surface area (Å²) in [5.41, 5.74) is 10.3. The highest BCUT2D eigenvalue weighted by atomic mass is 16.6. The summed E-state index contributed by atoms with van der Waals surface area (Å²) in [5, 5.41) is 9.63. The zero-order chi connectivity index (χ0) is 51.2. The number of nitrogens with zero attached hydrogens (tertiary/aromatic N) is 2. The molecule has 5 aromatic carbocycles. The number of likely N-dealkylation sites (tertiary alicyclic amines) is 1. The van der Waals surface area contributed by atoms with E-state index < -0.39 is 41.3 Å². The van der Waals surface area contributed by atoms with E-state index in [1.165, 1.54) is 11.1 Å². The third kappa shape index (κ3) is 10.4. The molecule has 0 bridgehead atoms. The molecule has 380 valence electrons. The maximum atomic E-state index is 15.3. The van der Waals surface area contributed by atoms with Crippen LogP contribution in [0, 0.1) is 5.41 Å². The number of hydrogen-bond donors (Lipinski definition) is 3. The highest BCUT2D eigenvalue weighted by Crippen LogP contribution is 2.45. The number of carbonyl (C=O) groups excluding carboxylic acids is 5. The van der Waals surface area contributed by atoms with Crippen LogP contribution in [-0.4, -0.2) is 76.6 Å². The second-order valence-corrected chi connectivity index (χ2v) is 22.9. The first-order valence-corrected chi connectivity index (χ1v) is 26.3. The van der Waals surface area contributed by atoms with Crippen LogP contribution in [0.15, 0.2) is 115 Å². The SMILES string of the molecule is CC(C)(C)OC(=O)N1Cc2cc(C3C[C@@H](C(=O)N[C@@H]4CCCc5ccccc54)N(C(=O)[C@@H](NC(=O)OCC4c5ccccc5-c5ccccc54)C(C)(C)C)C3)ccc2CC1C(=O)NC1CCCc2ccccc21. The van der Waals surface area contributed by atoms with Crippen molar-refractivity contribution in [2.45, 2.75) is 147 Å². The Bertz CT molecular complexity index is 2890. The summed E-state index contributed by atoms with van der Waals surface area (Å²) < 4.78 is 11.9. The van der Waals surface area contributed by atoms with Crippen LogP contribution in [0.1, 0.15) is 148 Å². The number of carbonyl (C=O) groups is 5. The fourth-order valence-corrected chi connectivity index (χ4v) is 12.1. The second kappa shape index (κ2) is 20.2. The third-order valence-electron chi connectivity index (χ3n) is 15.7. The van der Waals surface area contributed by atoms with E-state index in [-0.39, 0.29) is 61.3 Å². The van der Waals surface area contributed by atoms with Crippen molar-refractivity contribution in [3.63, 3.8) is 0 Å². The van der Waals surface area contributed by atoms with Crippen molar-refractivity contribution in [1.82, 2.24) is 25.8 Å². The van der Waals surface area contributed by atoms with Crippen LogP contribution in [-0.2, 0) is 49.7 Å². The predicted molar refractivity (Wildman–Crippen MR) is 281 cm³/mol. The summed E-state index contributed by atoms with van der Waals surface area (Å²) >= 11 is 0. The van der Waals surface area contributed by atoms with Gasteiger partial charge in [0.25, 0.3) is 0 Å². The number of hydrogen-bond acceptors (Lipinski definition) is 7. The molecule has 2 aliphatic heterocycles. The molecule has 2 heterocycles. The first-order chi connectivity index (χ1) is 35.0. The number of alkyl carbamates (subject to hydrolysis) is 1. The van der Waals surface area contributed by atoms with Gasteiger partial charge in [0.1, 0.15) is 30.3 Å². The van der Waals surface area contributed by atoms with Crippen molar-refractivity contribution in [2.75, 3.05) is 13.2 Å². The van der Waals surface area contributed by atoms with E-state index in [1.807, 2.05) is 102 Å². The molecule has 3 aliphatic carbocycles. The number of ether oxygens (including phenoxy) is 2. The first-order valence-electron chi connectivity index (χ1n) is 26.3. The lowest BCUT2D eigenvalue weighted by atomic mass is 9.85. The zero-order valence-electron chi connectivity index (χ0n) is 43.0. The fraction of sp³-hybridized carbons (Fsp3) is 0.426. The minimum absolute atomic E-state index is 0.0920. The van der Waals surface area contributed by atoms with Crippen LogP contribution in [0.5, 0.6) is 0 Å². The Kier molecular flexibility index (Phi) is 13.7. The number of amides is 5. The molecule has 1 fully saturated rings. The van der Waals surface area contributed by atoms with Gasteiger partial charge in [0.15, 0.2) is 0 Å².